The van der Waals surface area contributed by atoms with Gasteiger partial charge in [0.05, 0.1) is 11.3 Å². The number of halogens is 1. The number of nitrogens with zero attached hydrogens (tertiary/aromatic N) is 3. The van der Waals surface area contributed by atoms with Crippen molar-refractivity contribution >= 4 is 29.4 Å². The number of carbonyl (C=O) groups excluding carboxylic acids is 1. The molecule has 1 N–H and O–H groups in total. The van der Waals surface area contributed by atoms with Crippen molar-refractivity contribution in [3.63, 3.8) is 0 Å². The minimum absolute atomic E-state index is 0.0145. The number of aryl methyl sites for hydroxylation is 1. The number of aromatic nitrogens is 2. The van der Waals surface area contributed by atoms with E-state index in [0.717, 1.165) is 0 Å². The number of carbonyl (C=O) groups is 2. The first-order chi connectivity index (χ1) is 12.2. The first kappa shape index (κ1) is 19.8. The van der Waals surface area contributed by atoms with Gasteiger partial charge >= 0.3 is 12.1 Å². The molecule has 1 aromatic carbocycles. The van der Waals surface area contributed by atoms with Gasteiger partial charge < -0.3 is 9.84 Å². The maximum atomic E-state index is 12.7. The number of hydrogen-bond donors (Lipinski definition) is 1. The quantitative estimate of drug-likeness (QED) is 0.817. The Kier molecular flexibility index (Phi) is 6.26. The van der Waals surface area contributed by atoms with Gasteiger partial charge in [0.25, 0.3) is 0 Å². The summed E-state index contributed by atoms with van der Waals surface area (Å²) in [6, 6.07) is 6.13. The highest BCUT2D eigenvalue weighted by molar-refractivity contribution is 6.31. The van der Waals surface area contributed by atoms with Gasteiger partial charge in [-0.15, -0.1) is 0 Å². The van der Waals surface area contributed by atoms with E-state index in [0.29, 0.717) is 18.0 Å². The molecule has 0 aliphatic carbocycles. The zero-order valence-electron chi connectivity index (χ0n) is 15.0. The van der Waals surface area contributed by atoms with Crippen molar-refractivity contribution in [2.75, 3.05) is 11.4 Å². The highest BCUT2D eigenvalue weighted by Gasteiger charge is 2.26. The van der Waals surface area contributed by atoms with Gasteiger partial charge in [0.15, 0.2) is 0 Å². The first-order valence-electron chi connectivity index (χ1n) is 8.18. The third kappa shape index (κ3) is 5.49. The van der Waals surface area contributed by atoms with Crippen LogP contribution in [-0.4, -0.2) is 39.1 Å². The van der Waals surface area contributed by atoms with Crippen LogP contribution in [0.2, 0.25) is 5.02 Å². The molecule has 0 unspecified atom stereocenters. The van der Waals surface area contributed by atoms with Crippen LogP contribution in [0.4, 0.5) is 10.5 Å². The molecular weight excluding hydrogens is 358 g/mol. The highest BCUT2D eigenvalue weighted by atomic mass is 35.5. The summed E-state index contributed by atoms with van der Waals surface area (Å²) in [6.07, 6.45) is 3.43. The standard InChI is InChI=1S/C18H22ClN3O4/c1-18(2,3)26-17(25)22(11-5-10-21-9-4-8-20-21)15-12-13(19)6-7-14(15)16(23)24/h4,6-9,12H,5,10-11H2,1-3H3,(H,23,24). The van der Waals surface area contributed by atoms with E-state index in [1.165, 1.54) is 23.1 Å². The number of carboxylic acids is 1. The Bertz CT molecular complexity index is 769. The molecule has 2 aromatic rings. The zero-order valence-corrected chi connectivity index (χ0v) is 15.7. The number of rotatable bonds is 6. The van der Waals surface area contributed by atoms with E-state index in [2.05, 4.69) is 5.10 Å². The van der Waals surface area contributed by atoms with E-state index in [4.69, 9.17) is 16.3 Å². The van der Waals surface area contributed by atoms with Gasteiger partial charge in [-0.25, -0.2) is 9.59 Å². The topological polar surface area (TPSA) is 84.7 Å². The van der Waals surface area contributed by atoms with Crippen LogP contribution in [0.1, 0.15) is 37.6 Å². The summed E-state index contributed by atoms with van der Waals surface area (Å²) in [6.45, 7) is 6.10. The Labute approximate surface area is 157 Å². The number of amides is 1. The van der Waals surface area contributed by atoms with Crippen LogP contribution >= 0.6 is 11.6 Å². The van der Waals surface area contributed by atoms with Gasteiger partial charge in [0.1, 0.15) is 5.60 Å². The van der Waals surface area contributed by atoms with Crippen molar-refractivity contribution in [2.45, 2.75) is 39.3 Å². The zero-order chi connectivity index (χ0) is 19.3. The van der Waals surface area contributed by atoms with E-state index in [9.17, 15) is 14.7 Å². The third-order valence-corrected chi connectivity index (χ3v) is 3.66. The Balaban J connectivity index is 2.28. The lowest BCUT2D eigenvalue weighted by molar-refractivity contribution is 0.0579. The van der Waals surface area contributed by atoms with Crippen LogP contribution in [0.5, 0.6) is 0 Å². The molecule has 0 aliphatic heterocycles. The molecule has 0 aliphatic rings. The predicted molar refractivity (Wildman–Crippen MR) is 98.8 cm³/mol. The number of anilines is 1. The number of aromatic carboxylic acids is 1. The highest BCUT2D eigenvalue weighted by Crippen LogP contribution is 2.27. The fraction of sp³-hybridized carbons (Fsp3) is 0.389. The van der Waals surface area contributed by atoms with Crippen LogP contribution < -0.4 is 4.90 Å². The smallest absolute Gasteiger partial charge is 0.414 e. The number of ether oxygens (including phenoxy) is 1. The summed E-state index contributed by atoms with van der Waals surface area (Å²) in [7, 11) is 0. The molecule has 7 nitrogen and oxygen atoms in total. The molecule has 0 spiro atoms. The SMILES string of the molecule is CC(C)(C)OC(=O)N(CCCn1cccn1)c1cc(Cl)ccc1C(=O)O. The third-order valence-electron chi connectivity index (χ3n) is 3.42. The van der Waals surface area contributed by atoms with Gasteiger partial charge in [0.2, 0.25) is 0 Å². The monoisotopic (exact) mass is 379 g/mol. The molecule has 1 amide bonds. The molecule has 0 fully saturated rings. The second kappa shape index (κ2) is 8.23. The number of carboxylic acid groups (broad SMARTS) is 1. The van der Waals surface area contributed by atoms with Crippen molar-refractivity contribution in [3.8, 4) is 0 Å². The molecule has 0 radical (unpaired) electrons. The molecule has 0 bridgehead atoms. The van der Waals surface area contributed by atoms with Crippen molar-refractivity contribution in [3.05, 3.63) is 47.2 Å². The molecule has 1 aromatic heterocycles. The second-order valence-electron chi connectivity index (χ2n) is 6.72. The Morgan fingerprint density at radius 1 is 1.35 bits per heavy atom. The fourth-order valence-corrected chi connectivity index (χ4v) is 2.53. The molecule has 140 valence electrons. The van der Waals surface area contributed by atoms with E-state index >= 15 is 0 Å². The summed E-state index contributed by atoms with van der Waals surface area (Å²) in [5.41, 5.74) is -0.515. The van der Waals surface area contributed by atoms with Crippen LogP contribution in [0.15, 0.2) is 36.7 Å². The van der Waals surface area contributed by atoms with Crippen molar-refractivity contribution in [1.29, 1.82) is 0 Å². The lowest BCUT2D eigenvalue weighted by Crippen LogP contribution is -2.38. The molecule has 2 rings (SSSR count). The van der Waals surface area contributed by atoms with Crippen LogP contribution in [-0.2, 0) is 11.3 Å². The summed E-state index contributed by atoms with van der Waals surface area (Å²) >= 11 is 6.03. The predicted octanol–water partition coefficient (Wildman–Crippen LogP) is 4.07. The van der Waals surface area contributed by atoms with Crippen molar-refractivity contribution in [2.24, 2.45) is 0 Å². The van der Waals surface area contributed by atoms with Gasteiger partial charge in [-0.2, -0.15) is 5.10 Å². The van der Waals surface area contributed by atoms with Gasteiger partial charge in [-0.1, -0.05) is 11.6 Å². The van der Waals surface area contributed by atoms with Crippen LogP contribution in [0, 0.1) is 0 Å². The summed E-state index contributed by atoms with van der Waals surface area (Å²) < 4.78 is 7.18. The van der Waals surface area contributed by atoms with E-state index in [1.807, 2.05) is 12.3 Å². The molecule has 26 heavy (non-hydrogen) atoms. The van der Waals surface area contributed by atoms with Crippen molar-refractivity contribution < 1.29 is 19.4 Å². The molecule has 0 saturated carbocycles. The Hall–Kier alpha value is -2.54. The molecular formula is C18H22ClN3O4. The largest absolute Gasteiger partial charge is 0.478 e. The Morgan fingerprint density at radius 2 is 2.08 bits per heavy atom. The van der Waals surface area contributed by atoms with E-state index in [-0.39, 0.29) is 17.8 Å². The van der Waals surface area contributed by atoms with Gasteiger partial charge in [-0.3, -0.25) is 9.58 Å². The average molecular weight is 380 g/mol. The minimum atomic E-state index is -1.14. The minimum Gasteiger partial charge on any atom is -0.478 e. The van der Waals surface area contributed by atoms with Crippen molar-refractivity contribution in [1.82, 2.24) is 9.78 Å². The molecule has 8 heteroatoms. The lowest BCUT2D eigenvalue weighted by Gasteiger charge is -2.28. The molecule has 0 atom stereocenters. The fourth-order valence-electron chi connectivity index (χ4n) is 2.36. The number of benzene rings is 1. The summed E-state index contributed by atoms with van der Waals surface area (Å²) in [5.74, 6) is -1.14. The summed E-state index contributed by atoms with van der Waals surface area (Å²) in [4.78, 5) is 25.6. The van der Waals surface area contributed by atoms with Crippen LogP contribution in [0.3, 0.4) is 0 Å². The van der Waals surface area contributed by atoms with Crippen LogP contribution in [0.25, 0.3) is 0 Å². The average Bonchev–Trinajstić information content (AvgIpc) is 3.02. The van der Waals surface area contributed by atoms with Gasteiger partial charge in [-0.05, 0) is 51.5 Å². The molecule has 0 saturated heterocycles. The first-order valence-corrected chi connectivity index (χ1v) is 8.56. The second-order valence-corrected chi connectivity index (χ2v) is 7.16. The summed E-state index contributed by atoms with van der Waals surface area (Å²) in [5, 5.41) is 13.9. The normalized spacial score (nSPS) is 11.2. The van der Waals surface area contributed by atoms with Gasteiger partial charge in [0, 0.05) is 30.5 Å². The van der Waals surface area contributed by atoms with E-state index < -0.39 is 17.7 Å². The number of hydrogen-bond acceptors (Lipinski definition) is 4. The maximum absolute atomic E-state index is 12.7. The molecule has 1 heterocycles. The Morgan fingerprint density at radius 3 is 2.65 bits per heavy atom. The lowest BCUT2D eigenvalue weighted by atomic mass is 10.1. The maximum Gasteiger partial charge on any atom is 0.414 e. The van der Waals surface area contributed by atoms with E-state index in [1.54, 1.807) is 31.6 Å².